The minimum Gasteiger partial charge on any atom is -0.358 e. The third-order valence-corrected chi connectivity index (χ3v) is 4.44. The summed E-state index contributed by atoms with van der Waals surface area (Å²) < 4.78 is 0. The van der Waals surface area contributed by atoms with Crippen LogP contribution >= 0.6 is 0 Å². The van der Waals surface area contributed by atoms with Crippen LogP contribution in [0.4, 0.5) is 0 Å². The SMILES string of the molecule is CC[NH+](Cc1ccccc1)Cc1c(C)[nH]c2ccccc2c1=O. The lowest BCUT2D eigenvalue weighted by atomic mass is 10.1. The molecule has 0 saturated carbocycles. The fourth-order valence-corrected chi connectivity index (χ4v) is 3.06. The highest BCUT2D eigenvalue weighted by molar-refractivity contribution is 5.79. The van der Waals surface area contributed by atoms with Crippen molar-refractivity contribution in [3.63, 3.8) is 0 Å². The van der Waals surface area contributed by atoms with Gasteiger partial charge >= 0.3 is 0 Å². The Balaban J connectivity index is 1.92. The first-order chi connectivity index (χ1) is 11.2. The zero-order valence-corrected chi connectivity index (χ0v) is 13.7. The number of fused-ring (bicyclic) bond motifs is 1. The molecule has 0 spiro atoms. The third-order valence-electron chi connectivity index (χ3n) is 4.44. The molecule has 23 heavy (non-hydrogen) atoms. The summed E-state index contributed by atoms with van der Waals surface area (Å²) in [6.07, 6.45) is 0. The van der Waals surface area contributed by atoms with Gasteiger partial charge < -0.3 is 9.88 Å². The van der Waals surface area contributed by atoms with Gasteiger partial charge in [-0.05, 0) is 26.0 Å². The van der Waals surface area contributed by atoms with Gasteiger partial charge in [-0.3, -0.25) is 4.79 Å². The first kappa shape index (κ1) is 15.5. The molecular weight excluding hydrogens is 284 g/mol. The number of aromatic nitrogens is 1. The number of rotatable bonds is 5. The lowest BCUT2D eigenvalue weighted by Crippen LogP contribution is -3.09. The largest absolute Gasteiger partial charge is 0.358 e. The molecule has 1 unspecified atom stereocenters. The molecule has 3 nitrogen and oxygen atoms in total. The summed E-state index contributed by atoms with van der Waals surface area (Å²) in [5, 5.41) is 0.781. The Morgan fingerprint density at radius 3 is 2.39 bits per heavy atom. The van der Waals surface area contributed by atoms with Crippen LogP contribution in [0, 0.1) is 6.92 Å². The Morgan fingerprint density at radius 2 is 1.65 bits per heavy atom. The first-order valence-corrected chi connectivity index (χ1v) is 8.17. The maximum absolute atomic E-state index is 12.8. The fraction of sp³-hybridized carbons (Fsp3) is 0.250. The van der Waals surface area contributed by atoms with Gasteiger partial charge in [0.25, 0.3) is 0 Å². The molecular formula is C20H23N2O+. The van der Waals surface area contributed by atoms with E-state index in [-0.39, 0.29) is 5.43 Å². The van der Waals surface area contributed by atoms with Crippen molar-refractivity contribution in [1.82, 2.24) is 4.98 Å². The number of nitrogens with one attached hydrogen (secondary N) is 2. The van der Waals surface area contributed by atoms with Crippen molar-refractivity contribution in [2.24, 2.45) is 0 Å². The average Bonchev–Trinajstić information content (AvgIpc) is 2.58. The van der Waals surface area contributed by atoms with Crippen molar-refractivity contribution in [3.05, 3.63) is 81.6 Å². The van der Waals surface area contributed by atoms with Gasteiger partial charge in [0.2, 0.25) is 0 Å². The summed E-state index contributed by atoms with van der Waals surface area (Å²) >= 11 is 0. The number of aromatic amines is 1. The number of benzene rings is 2. The van der Waals surface area contributed by atoms with Crippen LogP contribution in [0.1, 0.15) is 23.7 Å². The van der Waals surface area contributed by atoms with E-state index in [0.717, 1.165) is 41.8 Å². The molecule has 3 heteroatoms. The van der Waals surface area contributed by atoms with E-state index in [1.165, 1.54) is 10.5 Å². The Morgan fingerprint density at radius 1 is 0.957 bits per heavy atom. The highest BCUT2D eigenvalue weighted by Gasteiger charge is 2.15. The maximum atomic E-state index is 12.8. The van der Waals surface area contributed by atoms with Crippen molar-refractivity contribution in [3.8, 4) is 0 Å². The van der Waals surface area contributed by atoms with Crippen molar-refractivity contribution < 1.29 is 4.90 Å². The van der Waals surface area contributed by atoms with Crippen LogP contribution in [0.25, 0.3) is 10.9 Å². The van der Waals surface area contributed by atoms with Gasteiger partial charge in [-0.2, -0.15) is 0 Å². The standard InChI is InChI=1S/C20H22N2O/c1-3-22(13-16-9-5-4-6-10-16)14-18-15(2)21-19-12-8-7-11-17(19)20(18)23/h4-12H,3,13-14H2,1-2H3,(H,21,23)/p+1. The highest BCUT2D eigenvalue weighted by Crippen LogP contribution is 2.10. The van der Waals surface area contributed by atoms with E-state index < -0.39 is 0 Å². The minimum absolute atomic E-state index is 0.163. The lowest BCUT2D eigenvalue weighted by molar-refractivity contribution is -0.925. The predicted molar refractivity (Wildman–Crippen MR) is 94.7 cm³/mol. The van der Waals surface area contributed by atoms with Crippen LogP contribution in [-0.4, -0.2) is 11.5 Å². The lowest BCUT2D eigenvalue weighted by Gasteiger charge is -2.19. The Hall–Kier alpha value is -2.39. The molecule has 0 aliphatic rings. The summed E-state index contributed by atoms with van der Waals surface area (Å²) in [5.74, 6) is 0. The molecule has 2 N–H and O–H groups in total. The molecule has 0 radical (unpaired) electrons. The van der Waals surface area contributed by atoms with Crippen molar-refractivity contribution in [2.45, 2.75) is 26.9 Å². The molecule has 118 valence electrons. The van der Waals surface area contributed by atoms with Crippen LogP contribution in [-0.2, 0) is 13.1 Å². The second-order valence-electron chi connectivity index (χ2n) is 6.05. The number of aryl methyl sites for hydroxylation is 1. The normalized spacial score (nSPS) is 12.4. The zero-order chi connectivity index (χ0) is 16.2. The zero-order valence-electron chi connectivity index (χ0n) is 13.7. The summed E-state index contributed by atoms with van der Waals surface area (Å²) in [5.41, 5.74) is 4.26. The molecule has 3 rings (SSSR count). The van der Waals surface area contributed by atoms with Crippen molar-refractivity contribution in [2.75, 3.05) is 6.54 Å². The number of quaternary nitrogens is 1. The topological polar surface area (TPSA) is 37.3 Å². The second kappa shape index (κ2) is 6.80. The summed E-state index contributed by atoms with van der Waals surface area (Å²) in [6.45, 7) is 6.84. The van der Waals surface area contributed by atoms with Gasteiger partial charge in [-0.1, -0.05) is 42.5 Å². The summed E-state index contributed by atoms with van der Waals surface area (Å²) in [4.78, 5) is 17.6. The number of hydrogen-bond donors (Lipinski definition) is 2. The maximum Gasteiger partial charge on any atom is 0.198 e. The molecule has 0 amide bonds. The van der Waals surface area contributed by atoms with Gasteiger partial charge in [-0.15, -0.1) is 0 Å². The Labute approximate surface area is 136 Å². The van der Waals surface area contributed by atoms with Crippen LogP contribution in [0.5, 0.6) is 0 Å². The smallest absolute Gasteiger partial charge is 0.198 e. The van der Waals surface area contributed by atoms with Crippen LogP contribution in [0.3, 0.4) is 0 Å². The Bertz CT molecular complexity index is 852. The molecule has 3 aromatic rings. The summed E-state index contributed by atoms with van der Waals surface area (Å²) in [7, 11) is 0. The van der Waals surface area contributed by atoms with E-state index in [0.29, 0.717) is 0 Å². The van der Waals surface area contributed by atoms with Crippen LogP contribution in [0.15, 0.2) is 59.4 Å². The predicted octanol–water partition coefficient (Wildman–Crippen LogP) is 2.44. The Kier molecular flexibility index (Phi) is 4.58. The quantitative estimate of drug-likeness (QED) is 0.746. The molecule has 0 aliphatic heterocycles. The van der Waals surface area contributed by atoms with E-state index >= 15 is 0 Å². The third kappa shape index (κ3) is 3.35. The molecule has 0 bridgehead atoms. The van der Waals surface area contributed by atoms with E-state index in [2.05, 4.69) is 36.2 Å². The van der Waals surface area contributed by atoms with Gasteiger partial charge in [0.1, 0.15) is 13.1 Å². The summed E-state index contributed by atoms with van der Waals surface area (Å²) in [6, 6.07) is 18.2. The number of hydrogen-bond acceptors (Lipinski definition) is 1. The van der Waals surface area contributed by atoms with Crippen LogP contribution < -0.4 is 10.3 Å². The van der Waals surface area contributed by atoms with E-state index in [1.54, 1.807) is 0 Å². The molecule has 1 heterocycles. The van der Waals surface area contributed by atoms with E-state index in [1.807, 2.05) is 37.3 Å². The monoisotopic (exact) mass is 307 g/mol. The van der Waals surface area contributed by atoms with Gasteiger partial charge in [0, 0.05) is 22.2 Å². The van der Waals surface area contributed by atoms with Gasteiger partial charge in [0.05, 0.1) is 12.1 Å². The fourth-order valence-electron chi connectivity index (χ4n) is 3.06. The van der Waals surface area contributed by atoms with Gasteiger partial charge in [-0.25, -0.2) is 0 Å². The number of pyridine rings is 1. The molecule has 1 aromatic heterocycles. The first-order valence-electron chi connectivity index (χ1n) is 8.17. The van der Waals surface area contributed by atoms with E-state index in [4.69, 9.17) is 0 Å². The van der Waals surface area contributed by atoms with Crippen molar-refractivity contribution in [1.29, 1.82) is 0 Å². The minimum atomic E-state index is 0.163. The van der Waals surface area contributed by atoms with Gasteiger partial charge in [0.15, 0.2) is 5.43 Å². The number of para-hydroxylation sites is 1. The molecule has 1 atom stereocenters. The molecule has 2 aromatic carbocycles. The number of H-pyrrole nitrogens is 1. The highest BCUT2D eigenvalue weighted by atomic mass is 16.1. The molecule has 0 aliphatic carbocycles. The second-order valence-corrected chi connectivity index (χ2v) is 6.05. The van der Waals surface area contributed by atoms with Crippen LogP contribution in [0.2, 0.25) is 0 Å². The van der Waals surface area contributed by atoms with E-state index in [9.17, 15) is 4.79 Å². The molecule has 0 saturated heterocycles. The molecule has 0 fully saturated rings. The average molecular weight is 307 g/mol. The van der Waals surface area contributed by atoms with Crippen molar-refractivity contribution >= 4 is 10.9 Å².